The number of benzene rings is 2. The summed E-state index contributed by atoms with van der Waals surface area (Å²) >= 11 is 5.98. The van der Waals surface area contributed by atoms with Gasteiger partial charge in [0.1, 0.15) is 11.9 Å². The smallest absolute Gasteiger partial charge is 0.282 e. The highest BCUT2D eigenvalue weighted by Gasteiger charge is 2.22. The Balaban J connectivity index is 2.05. The maximum atomic E-state index is 13.1. The monoisotopic (exact) mass is 409 g/mol. The lowest BCUT2D eigenvalue weighted by Crippen LogP contribution is -2.91. The molecule has 2 rings (SSSR count). The molecule has 0 aliphatic rings. The van der Waals surface area contributed by atoms with Crippen molar-refractivity contribution in [1.29, 1.82) is 0 Å². The largest absolute Gasteiger partial charge is 0.490 e. The summed E-state index contributed by atoms with van der Waals surface area (Å²) < 4.78 is 24.4. The van der Waals surface area contributed by atoms with Gasteiger partial charge in [0.05, 0.1) is 23.9 Å². The summed E-state index contributed by atoms with van der Waals surface area (Å²) in [5.74, 6) is 0.738. The van der Waals surface area contributed by atoms with Gasteiger partial charge < -0.3 is 20.1 Å². The number of rotatable bonds is 9. The number of ether oxygens (including phenoxy) is 2. The van der Waals surface area contributed by atoms with Gasteiger partial charge in [0.25, 0.3) is 5.91 Å². The van der Waals surface area contributed by atoms with Crippen molar-refractivity contribution in [2.75, 3.05) is 18.5 Å². The van der Waals surface area contributed by atoms with Gasteiger partial charge in [0.15, 0.2) is 17.5 Å². The van der Waals surface area contributed by atoms with Crippen LogP contribution in [-0.4, -0.2) is 25.2 Å². The highest BCUT2D eigenvalue weighted by Crippen LogP contribution is 2.30. The standard InChI is InChI=1S/C21H26ClFN2O3/c1-5-27-19-10-7-15(11-20(19)28-6-2)13(3)24-14(4)21(26)25-18-9-8-16(23)12-17(18)22/h7-14,24H,5-6H2,1-4H3,(H,25,26)/p+1/t13-,14-/m0/s1. The minimum Gasteiger partial charge on any atom is -0.490 e. The first kappa shape index (κ1) is 22.0. The molecule has 2 aromatic carbocycles. The van der Waals surface area contributed by atoms with Crippen molar-refractivity contribution in [3.05, 3.63) is 52.8 Å². The third-order valence-electron chi connectivity index (χ3n) is 4.27. The molecule has 2 aromatic rings. The minimum absolute atomic E-state index is 0.0133. The molecule has 2 atom stereocenters. The Morgan fingerprint density at radius 3 is 2.43 bits per heavy atom. The molecule has 1 amide bonds. The molecule has 0 aliphatic heterocycles. The first-order chi connectivity index (χ1) is 13.3. The van der Waals surface area contributed by atoms with Crippen molar-refractivity contribution >= 4 is 23.2 Å². The fourth-order valence-electron chi connectivity index (χ4n) is 2.82. The lowest BCUT2D eigenvalue weighted by molar-refractivity contribution is -0.709. The molecule has 0 aliphatic carbocycles. The summed E-state index contributed by atoms with van der Waals surface area (Å²) in [6, 6.07) is 9.31. The van der Waals surface area contributed by atoms with Crippen LogP contribution in [0, 0.1) is 5.82 Å². The molecular weight excluding hydrogens is 383 g/mol. The molecule has 5 nitrogen and oxygen atoms in total. The van der Waals surface area contributed by atoms with E-state index in [0.717, 1.165) is 5.56 Å². The van der Waals surface area contributed by atoms with Gasteiger partial charge in [-0.2, -0.15) is 0 Å². The molecule has 0 heterocycles. The van der Waals surface area contributed by atoms with Crippen molar-refractivity contribution in [1.82, 2.24) is 0 Å². The number of carbonyl (C=O) groups is 1. The van der Waals surface area contributed by atoms with E-state index < -0.39 is 5.82 Å². The van der Waals surface area contributed by atoms with Gasteiger partial charge in [-0.1, -0.05) is 11.6 Å². The van der Waals surface area contributed by atoms with E-state index in [4.69, 9.17) is 21.1 Å². The lowest BCUT2D eigenvalue weighted by Gasteiger charge is -2.19. The van der Waals surface area contributed by atoms with Gasteiger partial charge >= 0.3 is 0 Å². The highest BCUT2D eigenvalue weighted by atomic mass is 35.5. The van der Waals surface area contributed by atoms with E-state index in [1.807, 2.05) is 44.3 Å². The molecule has 28 heavy (non-hydrogen) atoms. The van der Waals surface area contributed by atoms with Gasteiger partial charge in [-0.05, 0) is 64.1 Å². The van der Waals surface area contributed by atoms with Crippen LogP contribution < -0.4 is 20.1 Å². The van der Waals surface area contributed by atoms with Crippen molar-refractivity contribution < 1.29 is 24.0 Å². The zero-order valence-corrected chi connectivity index (χ0v) is 17.3. The third-order valence-corrected chi connectivity index (χ3v) is 4.59. The molecule has 0 spiro atoms. The molecule has 0 radical (unpaired) electrons. The molecule has 7 heteroatoms. The number of carbonyl (C=O) groups excluding carboxylic acids is 1. The topological polar surface area (TPSA) is 64.2 Å². The van der Waals surface area contributed by atoms with E-state index in [-0.39, 0.29) is 23.0 Å². The number of halogens is 2. The van der Waals surface area contributed by atoms with Crippen LogP contribution in [0.3, 0.4) is 0 Å². The molecule has 0 bridgehead atoms. The highest BCUT2D eigenvalue weighted by molar-refractivity contribution is 6.33. The Hall–Kier alpha value is -2.31. The average molecular weight is 410 g/mol. The molecular formula is C21H27ClFN2O3+. The lowest BCUT2D eigenvalue weighted by atomic mass is 10.1. The molecule has 0 saturated carbocycles. The normalized spacial score (nSPS) is 12.9. The van der Waals surface area contributed by atoms with Crippen molar-refractivity contribution in [2.45, 2.75) is 39.8 Å². The van der Waals surface area contributed by atoms with Crippen LogP contribution in [0.2, 0.25) is 5.02 Å². The molecule has 3 N–H and O–H groups in total. The summed E-state index contributed by atoms with van der Waals surface area (Å²) in [6.07, 6.45) is 0. The summed E-state index contributed by atoms with van der Waals surface area (Å²) in [7, 11) is 0. The molecule has 0 fully saturated rings. The van der Waals surface area contributed by atoms with E-state index in [0.29, 0.717) is 30.4 Å². The Kier molecular flexibility index (Phi) is 8.08. The second-order valence-electron chi connectivity index (χ2n) is 6.46. The maximum absolute atomic E-state index is 13.1. The Morgan fingerprint density at radius 1 is 1.11 bits per heavy atom. The molecule has 0 aromatic heterocycles. The maximum Gasteiger partial charge on any atom is 0.282 e. The number of quaternary nitrogens is 1. The second-order valence-corrected chi connectivity index (χ2v) is 6.86. The van der Waals surface area contributed by atoms with E-state index in [2.05, 4.69) is 5.32 Å². The molecule has 152 valence electrons. The fraction of sp³-hybridized carbons (Fsp3) is 0.381. The fourth-order valence-corrected chi connectivity index (χ4v) is 3.03. The average Bonchev–Trinajstić information content (AvgIpc) is 2.65. The zero-order chi connectivity index (χ0) is 20.7. The summed E-state index contributed by atoms with van der Waals surface area (Å²) in [5.41, 5.74) is 1.41. The van der Waals surface area contributed by atoms with Crippen LogP contribution in [0.15, 0.2) is 36.4 Å². The zero-order valence-electron chi connectivity index (χ0n) is 16.6. The molecule has 0 saturated heterocycles. The summed E-state index contributed by atoms with van der Waals surface area (Å²) in [6.45, 7) is 8.77. The van der Waals surface area contributed by atoms with Gasteiger partial charge in [-0.15, -0.1) is 0 Å². The van der Waals surface area contributed by atoms with Crippen LogP contribution in [0.4, 0.5) is 10.1 Å². The first-order valence-corrected chi connectivity index (χ1v) is 9.73. The predicted octanol–water partition coefficient (Wildman–Crippen LogP) is 3.93. The van der Waals surface area contributed by atoms with Gasteiger partial charge in [-0.25, -0.2) is 4.39 Å². The second kappa shape index (κ2) is 10.3. The van der Waals surface area contributed by atoms with Crippen molar-refractivity contribution in [3.8, 4) is 11.5 Å². The third kappa shape index (κ3) is 5.84. The number of hydrogen-bond acceptors (Lipinski definition) is 3. The van der Waals surface area contributed by atoms with E-state index in [9.17, 15) is 9.18 Å². The van der Waals surface area contributed by atoms with Crippen molar-refractivity contribution in [2.24, 2.45) is 0 Å². The predicted molar refractivity (Wildman–Crippen MR) is 109 cm³/mol. The van der Waals surface area contributed by atoms with Crippen LogP contribution in [0.25, 0.3) is 0 Å². The quantitative estimate of drug-likeness (QED) is 0.659. The van der Waals surface area contributed by atoms with E-state index in [1.165, 1.54) is 18.2 Å². The first-order valence-electron chi connectivity index (χ1n) is 9.36. The number of nitrogens with one attached hydrogen (secondary N) is 1. The summed E-state index contributed by atoms with van der Waals surface area (Å²) in [5, 5.41) is 4.85. The molecule has 0 unspecified atom stereocenters. The Labute approximate surface area is 170 Å². The van der Waals surface area contributed by atoms with Gasteiger partial charge in [0.2, 0.25) is 0 Å². The minimum atomic E-state index is -0.447. The summed E-state index contributed by atoms with van der Waals surface area (Å²) in [4.78, 5) is 12.5. The van der Waals surface area contributed by atoms with Crippen LogP contribution in [0.5, 0.6) is 11.5 Å². The van der Waals surface area contributed by atoms with Gasteiger partial charge in [-0.3, -0.25) is 4.79 Å². The number of anilines is 1. The van der Waals surface area contributed by atoms with Crippen molar-refractivity contribution in [3.63, 3.8) is 0 Å². The number of nitrogens with two attached hydrogens (primary N) is 1. The van der Waals surface area contributed by atoms with E-state index in [1.54, 1.807) is 6.92 Å². The van der Waals surface area contributed by atoms with Gasteiger partial charge in [0, 0.05) is 5.56 Å². The van der Waals surface area contributed by atoms with Crippen LogP contribution >= 0.6 is 11.6 Å². The Morgan fingerprint density at radius 2 is 1.79 bits per heavy atom. The number of amides is 1. The van der Waals surface area contributed by atoms with Crippen LogP contribution in [0.1, 0.15) is 39.3 Å². The SMILES string of the molecule is CCOc1ccc([C@H](C)[NH2+][C@@H](C)C(=O)Nc2ccc(F)cc2Cl)cc1OCC. The number of hydrogen-bond donors (Lipinski definition) is 2. The van der Waals surface area contributed by atoms with Crippen LogP contribution in [-0.2, 0) is 4.79 Å². The van der Waals surface area contributed by atoms with E-state index >= 15 is 0 Å². The Bertz CT molecular complexity index is 816.